The van der Waals surface area contributed by atoms with Crippen molar-refractivity contribution in [1.82, 2.24) is 0 Å². The van der Waals surface area contributed by atoms with E-state index in [0.29, 0.717) is 10.7 Å². The topological polar surface area (TPSA) is 81.8 Å². The van der Waals surface area contributed by atoms with Gasteiger partial charge in [-0.2, -0.15) is 4.99 Å². The predicted octanol–water partition coefficient (Wildman–Crippen LogP) is 4.11. The normalized spacial score (nSPS) is 25.0. The molecule has 1 amide bonds. The first kappa shape index (κ1) is 19.0. The number of amides is 1. The Morgan fingerprint density at radius 2 is 1.96 bits per heavy atom. The number of benzene rings is 1. The monoisotopic (exact) mass is 410 g/mol. The highest BCUT2D eigenvalue weighted by Crippen LogP contribution is 2.60. The zero-order chi connectivity index (χ0) is 19.1. The number of esters is 1. The highest BCUT2D eigenvalue weighted by atomic mass is 35.5. The van der Waals surface area contributed by atoms with Gasteiger partial charge in [-0.3, -0.25) is 9.59 Å². The maximum Gasteiger partial charge on any atom is 0.315 e. The van der Waals surface area contributed by atoms with Gasteiger partial charge in [0.2, 0.25) is 0 Å². The van der Waals surface area contributed by atoms with E-state index in [-0.39, 0.29) is 38.8 Å². The fourth-order valence-electron chi connectivity index (χ4n) is 2.96. The first-order valence-corrected chi connectivity index (χ1v) is 9.38. The number of carbonyl (C=O) groups is 2. The minimum atomic E-state index is -0.351. The van der Waals surface area contributed by atoms with Gasteiger partial charge in [-0.25, -0.2) is 0 Å². The van der Waals surface area contributed by atoms with Gasteiger partial charge in [-0.05, 0) is 52.9 Å². The molecule has 2 N–H and O–H groups in total. The number of hydrogen-bond acceptors (Lipinski definition) is 5. The van der Waals surface area contributed by atoms with Crippen LogP contribution in [0.15, 0.2) is 44.7 Å². The van der Waals surface area contributed by atoms with Crippen LogP contribution in [0.25, 0.3) is 6.08 Å². The minimum absolute atomic E-state index is 0.0418. The van der Waals surface area contributed by atoms with Crippen molar-refractivity contribution in [2.24, 2.45) is 28.0 Å². The number of allylic oxidation sites excluding steroid dienone is 1. The lowest BCUT2D eigenvalue weighted by atomic mass is 10.1. The van der Waals surface area contributed by atoms with Crippen molar-refractivity contribution in [2.75, 3.05) is 0 Å². The molecule has 2 aliphatic rings. The molecule has 0 radical (unpaired) electrons. The second-order valence-electron chi connectivity index (χ2n) is 6.64. The van der Waals surface area contributed by atoms with Crippen molar-refractivity contribution < 1.29 is 14.3 Å². The molecule has 136 valence electrons. The minimum Gasteiger partial charge on any atom is -0.426 e. The lowest BCUT2D eigenvalue weighted by molar-refractivity contribution is -0.136. The number of halogens is 2. The van der Waals surface area contributed by atoms with Gasteiger partial charge in [-0.15, -0.1) is 0 Å². The molecule has 3 rings (SSSR count). The SMILES string of the molecule is CC1(C)[C@H](C=C(Cl)Cl)[C@H]1C(=O)Oc1ccc(/C=C2/SC(N)=NC2=O)cc1. The third kappa shape index (κ3) is 3.98. The number of nitrogens with two attached hydrogens (primary N) is 1. The molecule has 0 spiro atoms. The molecule has 0 aromatic heterocycles. The van der Waals surface area contributed by atoms with Gasteiger partial charge in [0.1, 0.15) is 10.2 Å². The molecule has 1 fully saturated rings. The molecule has 5 nitrogen and oxygen atoms in total. The number of aliphatic imine (C=N–C) groups is 1. The Labute approximate surface area is 165 Å². The maximum atomic E-state index is 12.4. The second kappa shape index (κ2) is 7.10. The highest BCUT2D eigenvalue weighted by molar-refractivity contribution is 8.18. The average molecular weight is 411 g/mol. The Morgan fingerprint density at radius 3 is 2.50 bits per heavy atom. The van der Waals surface area contributed by atoms with Crippen LogP contribution in [0.3, 0.4) is 0 Å². The van der Waals surface area contributed by atoms with Crippen LogP contribution in [0, 0.1) is 17.3 Å². The fourth-order valence-corrected chi connectivity index (χ4v) is 3.92. The molecule has 1 aromatic rings. The van der Waals surface area contributed by atoms with E-state index in [1.54, 1.807) is 36.4 Å². The number of nitrogens with zero attached hydrogens (tertiary/aromatic N) is 1. The van der Waals surface area contributed by atoms with Crippen LogP contribution < -0.4 is 10.5 Å². The maximum absolute atomic E-state index is 12.4. The molecule has 0 saturated heterocycles. The smallest absolute Gasteiger partial charge is 0.315 e. The van der Waals surface area contributed by atoms with Crippen LogP contribution in [0.4, 0.5) is 0 Å². The Hall–Kier alpha value is -1.76. The molecule has 8 heteroatoms. The lowest BCUT2D eigenvalue weighted by Crippen LogP contribution is -2.13. The highest BCUT2D eigenvalue weighted by Gasteiger charge is 2.61. The Bertz CT molecular complexity index is 856. The number of rotatable bonds is 4. The summed E-state index contributed by atoms with van der Waals surface area (Å²) in [7, 11) is 0. The second-order valence-corrected chi connectivity index (χ2v) is 8.71. The van der Waals surface area contributed by atoms with E-state index >= 15 is 0 Å². The molecule has 26 heavy (non-hydrogen) atoms. The third-order valence-corrected chi connectivity index (χ3v) is 5.57. The Kier molecular flexibility index (Phi) is 5.19. The van der Waals surface area contributed by atoms with Gasteiger partial charge in [0.25, 0.3) is 5.91 Å². The van der Waals surface area contributed by atoms with Crippen LogP contribution >= 0.6 is 35.0 Å². The number of thioether (sulfide) groups is 1. The van der Waals surface area contributed by atoms with E-state index in [4.69, 9.17) is 33.7 Å². The zero-order valence-electron chi connectivity index (χ0n) is 14.0. The van der Waals surface area contributed by atoms with Crippen molar-refractivity contribution >= 4 is 58.1 Å². The van der Waals surface area contributed by atoms with Gasteiger partial charge in [-0.1, -0.05) is 49.2 Å². The van der Waals surface area contributed by atoms with Gasteiger partial charge in [0.15, 0.2) is 5.17 Å². The van der Waals surface area contributed by atoms with Crippen LogP contribution in [-0.2, 0) is 9.59 Å². The van der Waals surface area contributed by atoms with Crippen LogP contribution in [0.1, 0.15) is 19.4 Å². The summed E-state index contributed by atoms with van der Waals surface area (Å²) in [6.45, 7) is 3.94. The summed E-state index contributed by atoms with van der Waals surface area (Å²) in [4.78, 5) is 28.1. The van der Waals surface area contributed by atoms with Gasteiger partial charge >= 0.3 is 5.97 Å². The molecule has 1 aliphatic carbocycles. The summed E-state index contributed by atoms with van der Waals surface area (Å²) in [6.07, 6.45) is 3.36. The molecule has 1 aliphatic heterocycles. The molecule has 0 bridgehead atoms. The van der Waals surface area contributed by atoms with Crippen molar-refractivity contribution in [2.45, 2.75) is 13.8 Å². The van der Waals surface area contributed by atoms with Crippen molar-refractivity contribution in [3.05, 3.63) is 45.3 Å². The standard InChI is InChI=1S/C18H16Cl2N2O3S/c1-18(2)11(8-13(19)20)14(18)16(24)25-10-5-3-9(4-6-10)7-12-15(23)22-17(21)26-12/h3-8,11,14H,1-2H3,(H2,21,22,23)/b12-7+/t11-,14+/m1/s1. The van der Waals surface area contributed by atoms with Crippen LogP contribution in [0.5, 0.6) is 5.75 Å². The van der Waals surface area contributed by atoms with Crippen LogP contribution in [-0.4, -0.2) is 17.0 Å². The Balaban J connectivity index is 1.65. The van der Waals surface area contributed by atoms with E-state index in [1.807, 2.05) is 13.8 Å². The van der Waals surface area contributed by atoms with E-state index < -0.39 is 0 Å². The zero-order valence-corrected chi connectivity index (χ0v) is 16.4. The van der Waals surface area contributed by atoms with Gasteiger partial charge in [0.05, 0.1) is 10.8 Å². The van der Waals surface area contributed by atoms with Crippen molar-refractivity contribution in [1.29, 1.82) is 0 Å². The van der Waals surface area contributed by atoms with E-state index in [0.717, 1.165) is 17.3 Å². The third-order valence-electron chi connectivity index (χ3n) is 4.50. The van der Waals surface area contributed by atoms with Crippen molar-refractivity contribution in [3.8, 4) is 5.75 Å². The van der Waals surface area contributed by atoms with E-state index in [9.17, 15) is 9.59 Å². The summed E-state index contributed by atoms with van der Waals surface area (Å²) in [5, 5.41) is 0.236. The number of carbonyl (C=O) groups excluding carboxylic acids is 2. The summed E-state index contributed by atoms with van der Waals surface area (Å²) < 4.78 is 5.61. The van der Waals surface area contributed by atoms with E-state index in [2.05, 4.69) is 4.99 Å². The van der Waals surface area contributed by atoms with Gasteiger partial charge in [0, 0.05) is 0 Å². The lowest BCUT2D eigenvalue weighted by Gasteiger charge is -2.05. The average Bonchev–Trinajstić information content (AvgIpc) is 2.91. The molecule has 1 aromatic carbocycles. The van der Waals surface area contributed by atoms with Gasteiger partial charge < -0.3 is 10.5 Å². The largest absolute Gasteiger partial charge is 0.426 e. The summed E-state index contributed by atoms with van der Waals surface area (Å²) in [6, 6.07) is 6.85. The predicted molar refractivity (Wildman–Crippen MR) is 105 cm³/mol. The number of ether oxygens (including phenoxy) is 1. The summed E-state index contributed by atoms with van der Waals surface area (Å²) in [5.74, 6) is -0.569. The molecular formula is C18H16Cl2N2O3S. The number of amidine groups is 1. The fraction of sp³-hybridized carbons (Fsp3) is 0.278. The summed E-state index contributed by atoms with van der Waals surface area (Å²) >= 11 is 12.5. The Morgan fingerprint density at radius 1 is 1.31 bits per heavy atom. The summed E-state index contributed by atoms with van der Waals surface area (Å²) in [5.41, 5.74) is 6.06. The van der Waals surface area contributed by atoms with Crippen molar-refractivity contribution in [3.63, 3.8) is 0 Å². The quantitative estimate of drug-likeness (QED) is 0.458. The molecule has 0 unspecified atom stereocenters. The van der Waals surface area contributed by atoms with E-state index in [1.165, 1.54) is 0 Å². The molecule has 1 saturated carbocycles. The molecule has 1 heterocycles. The molecular weight excluding hydrogens is 395 g/mol. The molecule has 2 atom stereocenters. The number of hydrogen-bond donors (Lipinski definition) is 1. The van der Waals surface area contributed by atoms with Crippen LogP contribution in [0.2, 0.25) is 0 Å². The first-order valence-electron chi connectivity index (χ1n) is 7.81. The first-order chi connectivity index (χ1) is 12.2.